The van der Waals surface area contributed by atoms with Gasteiger partial charge in [0.15, 0.2) is 0 Å². The second-order valence-corrected chi connectivity index (χ2v) is 3.53. The number of carbonyl (C=O) groups excluding carboxylic acids is 2. The maximum Gasteiger partial charge on any atom is 0.320 e. The average molecular weight is 268 g/mol. The maximum absolute atomic E-state index is 10.9. The minimum atomic E-state index is -0.443. The van der Waals surface area contributed by atoms with Crippen LogP contribution in [-0.4, -0.2) is 43.6 Å². The van der Waals surface area contributed by atoms with Crippen LogP contribution in [0.2, 0.25) is 0 Å². The van der Waals surface area contributed by atoms with Crippen LogP contribution in [0.4, 0.5) is 0 Å². The summed E-state index contributed by atoms with van der Waals surface area (Å²) in [5.41, 5.74) is 0. The Morgan fingerprint density at radius 1 is 1.50 bits per heavy atom. The molecule has 0 saturated carbocycles. The van der Waals surface area contributed by atoms with E-state index >= 15 is 0 Å². The lowest BCUT2D eigenvalue weighted by Gasteiger charge is -2.08. The first-order valence-corrected chi connectivity index (χ1v) is 5.11. The van der Waals surface area contributed by atoms with Gasteiger partial charge in [-0.15, -0.1) is 0 Å². The van der Waals surface area contributed by atoms with Crippen molar-refractivity contribution in [2.75, 3.05) is 26.8 Å². The third kappa shape index (κ3) is 5.93. The van der Waals surface area contributed by atoms with Crippen molar-refractivity contribution in [2.24, 2.45) is 0 Å². The molecular formula is C8H14BrNO4. The molecule has 0 bridgehead atoms. The van der Waals surface area contributed by atoms with Crippen molar-refractivity contribution in [1.29, 1.82) is 0 Å². The molecule has 0 fully saturated rings. The molecule has 0 amide bonds. The van der Waals surface area contributed by atoms with Gasteiger partial charge in [0.25, 0.3) is 0 Å². The molecule has 0 aliphatic rings. The van der Waals surface area contributed by atoms with Crippen LogP contribution in [0.25, 0.3) is 0 Å². The van der Waals surface area contributed by atoms with E-state index < -0.39 is 4.83 Å². The minimum Gasteiger partial charge on any atom is -0.468 e. The van der Waals surface area contributed by atoms with Crippen LogP contribution >= 0.6 is 15.9 Å². The van der Waals surface area contributed by atoms with Crippen molar-refractivity contribution in [1.82, 2.24) is 5.32 Å². The smallest absolute Gasteiger partial charge is 0.320 e. The van der Waals surface area contributed by atoms with Crippen LogP contribution in [0.1, 0.15) is 6.92 Å². The van der Waals surface area contributed by atoms with Crippen molar-refractivity contribution in [3.05, 3.63) is 0 Å². The molecule has 0 aliphatic carbocycles. The molecular weight excluding hydrogens is 254 g/mol. The van der Waals surface area contributed by atoms with E-state index in [4.69, 9.17) is 0 Å². The molecule has 0 heterocycles. The summed E-state index contributed by atoms with van der Waals surface area (Å²) in [6.07, 6.45) is 0. The van der Waals surface area contributed by atoms with E-state index in [1.165, 1.54) is 7.11 Å². The summed E-state index contributed by atoms with van der Waals surface area (Å²) in [6.45, 7) is 2.51. The lowest BCUT2D eigenvalue weighted by atomic mass is 10.4. The highest BCUT2D eigenvalue weighted by atomic mass is 79.9. The van der Waals surface area contributed by atoms with Crippen molar-refractivity contribution in [3.63, 3.8) is 0 Å². The number of ether oxygens (including phenoxy) is 2. The third-order valence-electron chi connectivity index (χ3n) is 1.36. The van der Waals surface area contributed by atoms with E-state index in [-0.39, 0.29) is 18.5 Å². The molecule has 82 valence electrons. The highest BCUT2D eigenvalue weighted by molar-refractivity contribution is 9.10. The zero-order valence-corrected chi connectivity index (χ0v) is 9.80. The standard InChI is InChI=1S/C8H14BrNO4/c1-3-14-7(11)5-10-4-6(9)8(12)13-2/h6,10H,3-5H2,1-2H3. The predicted molar refractivity (Wildman–Crippen MR) is 54.2 cm³/mol. The van der Waals surface area contributed by atoms with Crippen molar-refractivity contribution in [2.45, 2.75) is 11.8 Å². The topological polar surface area (TPSA) is 64.6 Å². The number of methoxy groups -OCH3 is 1. The molecule has 0 radical (unpaired) electrons. The lowest BCUT2D eigenvalue weighted by Crippen LogP contribution is -2.33. The molecule has 0 saturated heterocycles. The fourth-order valence-corrected chi connectivity index (χ4v) is 1.14. The van der Waals surface area contributed by atoms with Crippen LogP contribution in [0.5, 0.6) is 0 Å². The molecule has 1 N–H and O–H groups in total. The molecule has 14 heavy (non-hydrogen) atoms. The molecule has 0 aliphatic heterocycles. The van der Waals surface area contributed by atoms with Crippen LogP contribution in [-0.2, 0) is 19.1 Å². The molecule has 1 atom stereocenters. The van der Waals surface area contributed by atoms with E-state index in [9.17, 15) is 9.59 Å². The van der Waals surface area contributed by atoms with E-state index in [0.29, 0.717) is 13.2 Å². The minimum absolute atomic E-state index is 0.0902. The van der Waals surface area contributed by atoms with Gasteiger partial charge in [-0.05, 0) is 6.92 Å². The Bertz CT molecular complexity index is 198. The van der Waals surface area contributed by atoms with Gasteiger partial charge >= 0.3 is 11.9 Å². The molecule has 0 spiro atoms. The van der Waals surface area contributed by atoms with Gasteiger partial charge < -0.3 is 14.8 Å². The summed E-state index contributed by atoms with van der Waals surface area (Å²) < 4.78 is 9.15. The fourth-order valence-electron chi connectivity index (χ4n) is 0.724. The Labute approximate surface area is 91.3 Å². The van der Waals surface area contributed by atoms with Crippen LogP contribution < -0.4 is 5.32 Å². The Morgan fingerprint density at radius 2 is 2.14 bits per heavy atom. The van der Waals surface area contributed by atoms with Gasteiger partial charge in [0.2, 0.25) is 0 Å². The lowest BCUT2D eigenvalue weighted by molar-refractivity contribution is -0.143. The second kappa shape index (κ2) is 7.75. The first kappa shape index (κ1) is 13.4. The first-order chi connectivity index (χ1) is 6.61. The molecule has 6 heteroatoms. The largest absolute Gasteiger partial charge is 0.468 e. The number of alkyl halides is 1. The summed E-state index contributed by atoms with van der Waals surface area (Å²) in [4.78, 5) is 21.3. The monoisotopic (exact) mass is 267 g/mol. The van der Waals surface area contributed by atoms with Crippen LogP contribution in [0.15, 0.2) is 0 Å². The summed E-state index contributed by atoms with van der Waals surface area (Å²) in [5.74, 6) is -0.710. The maximum atomic E-state index is 10.9. The highest BCUT2D eigenvalue weighted by Crippen LogP contribution is 1.99. The summed E-state index contributed by atoms with van der Waals surface area (Å²) in [7, 11) is 1.31. The Kier molecular flexibility index (Phi) is 7.41. The zero-order chi connectivity index (χ0) is 11.0. The van der Waals surface area contributed by atoms with E-state index in [2.05, 4.69) is 30.7 Å². The van der Waals surface area contributed by atoms with Crippen molar-refractivity contribution < 1.29 is 19.1 Å². The number of hydrogen-bond acceptors (Lipinski definition) is 5. The fraction of sp³-hybridized carbons (Fsp3) is 0.750. The Hall–Kier alpha value is -0.620. The molecule has 5 nitrogen and oxygen atoms in total. The van der Waals surface area contributed by atoms with Crippen LogP contribution in [0.3, 0.4) is 0 Å². The van der Waals surface area contributed by atoms with Gasteiger partial charge in [-0.3, -0.25) is 9.59 Å². The number of carbonyl (C=O) groups is 2. The average Bonchev–Trinajstić information content (AvgIpc) is 2.16. The molecule has 0 aromatic carbocycles. The Morgan fingerprint density at radius 3 is 2.64 bits per heavy atom. The summed E-state index contributed by atoms with van der Waals surface area (Å²) in [6, 6.07) is 0. The van der Waals surface area contributed by atoms with Gasteiger partial charge in [0.1, 0.15) is 4.83 Å². The second-order valence-electron chi connectivity index (χ2n) is 2.43. The zero-order valence-electron chi connectivity index (χ0n) is 8.21. The number of nitrogens with one attached hydrogen (secondary N) is 1. The van der Waals surface area contributed by atoms with E-state index in [1.54, 1.807) is 6.92 Å². The number of esters is 2. The molecule has 0 rings (SSSR count). The third-order valence-corrected chi connectivity index (χ3v) is 2.05. The van der Waals surface area contributed by atoms with Crippen molar-refractivity contribution in [3.8, 4) is 0 Å². The normalized spacial score (nSPS) is 11.9. The Balaban J connectivity index is 3.53. The predicted octanol–water partition coefficient (Wildman–Crippen LogP) is 0.0756. The van der Waals surface area contributed by atoms with Gasteiger partial charge in [0.05, 0.1) is 20.3 Å². The van der Waals surface area contributed by atoms with Gasteiger partial charge in [0, 0.05) is 6.54 Å². The van der Waals surface area contributed by atoms with Gasteiger partial charge in [-0.25, -0.2) is 0 Å². The van der Waals surface area contributed by atoms with Crippen LogP contribution in [0, 0.1) is 0 Å². The van der Waals surface area contributed by atoms with E-state index in [0.717, 1.165) is 0 Å². The number of hydrogen-bond donors (Lipinski definition) is 1. The molecule has 1 unspecified atom stereocenters. The van der Waals surface area contributed by atoms with Gasteiger partial charge in [-0.2, -0.15) is 0 Å². The quantitative estimate of drug-likeness (QED) is 0.545. The summed E-state index contributed by atoms with van der Waals surface area (Å²) in [5, 5.41) is 2.76. The molecule has 0 aromatic heterocycles. The van der Waals surface area contributed by atoms with Crippen molar-refractivity contribution >= 4 is 27.9 Å². The van der Waals surface area contributed by atoms with Gasteiger partial charge in [-0.1, -0.05) is 15.9 Å². The number of halogens is 1. The SMILES string of the molecule is CCOC(=O)CNCC(Br)C(=O)OC. The highest BCUT2D eigenvalue weighted by Gasteiger charge is 2.14. The molecule has 0 aromatic rings. The first-order valence-electron chi connectivity index (χ1n) is 4.20. The number of rotatable bonds is 6. The van der Waals surface area contributed by atoms with E-state index in [1.807, 2.05) is 0 Å². The summed E-state index contributed by atoms with van der Waals surface area (Å²) >= 11 is 3.10.